The molecular weight excluding hydrogens is 322 g/mol. The molecule has 0 aliphatic rings. The highest BCUT2D eigenvalue weighted by atomic mass is 16.5. The van der Waals surface area contributed by atoms with Crippen LogP contribution in [0.25, 0.3) is 0 Å². The van der Waals surface area contributed by atoms with Gasteiger partial charge in [-0.15, -0.1) is 0 Å². The first-order valence-electron chi connectivity index (χ1n) is 7.63. The first kappa shape index (κ1) is 18.2. The van der Waals surface area contributed by atoms with E-state index in [0.29, 0.717) is 28.1 Å². The van der Waals surface area contributed by atoms with Gasteiger partial charge in [0.05, 0.1) is 12.7 Å². The number of Topliss-reactive ketones (excluding diaryl/α,β-unsaturated/α-hetero) is 1. The lowest BCUT2D eigenvalue weighted by atomic mass is 10.1. The van der Waals surface area contributed by atoms with Crippen molar-refractivity contribution in [1.82, 2.24) is 0 Å². The van der Waals surface area contributed by atoms with Crippen molar-refractivity contribution < 1.29 is 23.9 Å². The van der Waals surface area contributed by atoms with Crippen molar-refractivity contribution in [1.29, 1.82) is 0 Å². The molecule has 1 N–H and O–H groups in total. The van der Waals surface area contributed by atoms with E-state index in [4.69, 9.17) is 9.47 Å². The summed E-state index contributed by atoms with van der Waals surface area (Å²) in [6, 6.07) is 11.3. The molecule has 130 valence electrons. The van der Waals surface area contributed by atoms with Gasteiger partial charge < -0.3 is 14.8 Å². The maximum absolute atomic E-state index is 12.2. The Hall–Kier alpha value is -3.15. The van der Waals surface area contributed by atoms with Crippen molar-refractivity contribution in [2.24, 2.45) is 0 Å². The Bertz CT molecular complexity index is 796. The Morgan fingerprint density at radius 3 is 2.16 bits per heavy atom. The third-order valence-electron chi connectivity index (χ3n) is 3.49. The molecule has 6 heteroatoms. The molecule has 0 fully saturated rings. The van der Waals surface area contributed by atoms with Crippen LogP contribution in [0.3, 0.4) is 0 Å². The highest BCUT2D eigenvalue weighted by Gasteiger charge is 2.12. The normalized spacial score (nSPS) is 10.0. The van der Waals surface area contributed by atoms with E-state index in [9.17, 15) is 14.4 Å². The molecule has 0 aliphatic carbocycles. The van der Waals surface area contributed by atoms with E-state index in [2.05, 4.69) is 5.32 Å². The second kappa shape index (κ2) is 8.10. The van der Waals surface area contributed by atoms with Crippen molar-refractivity contribution in [2.45, 2.75) is 20.5 Å². The summed E-state index contributed by atoms with van der Waals surface area (Å²) in [6.45, 7) is 2.86. The monoisotopic (exact) mass is 341 g/mol. The summed E-state index contributed by atoms with van der Waals surface area (Å²) < 4.78 is 10.5. The molecule has 2 aromatic carbocycles. The Labute approximate surface area is 145 Å². The summed E-state index contributed by atoms with van der Waals surface area (Å²) in [5, 5.41) is 2.62. The number of ether oxygens (including phenoxy) is 2. The Kier molecular flexibility index (Phi) is 5.89. The number of carbonyl (C=O) groups excluding carboxylic acids is 3. The van der Waals surface area contributed by atoms with Crippen LogP contribution in [0, 0.1) is 0 Å². The lowest BCUT2D eigenvalue weighted by Crippen LogP contribution is -2.08. The fraction of sp³-hybridized carbons (Fsp3) is 0.211. The van der Waals surface area contributed by atoms with Crippen LogP contribution in [0.15, 0.2) is 42.5 Å². The minimum Gasteiger partial charge on any atom is -0.496 e. The van der Waals surface area contributed by atoms with Crippen molar-refractivity contribution in [2.75, 3.05) is 12.4 Å². The summed E-state index contributed by atoms with van der Waals surface area (Å²) >= 11 is 0. The van der Waals surface area contributed by atoms with Crippen LogP contribution in [0.4, 0.5) is 5.69 Å². The SMILES string of the molecule is COc1ccc(C(C)=O)cc1COC(=O)c1ccc(NC(C)=O)cc1. The summed E-state index contributed by atoms with van der Waals surface area (Å²) in [6.07, 6.45) is 0. The molecule has 0 radical (unpaired) electrons. The first-order chi connectivity index (χ1) is 11.9. The van der Waals surface area contributed by atoms with E-state index in [1.54, 1.807) is 42.5 Å². The number of hydrogen-bond acceptors (Lipinski definition) is 5. The van der Waals surface area contributed by atoms with Crippen molar-refractivity contribution in [3.05, 3.63) is 59.2 Å². The molecule has 0 unspecified atom stereocenters. The molecule has 25 heavy (non-hydrogen) atoms. The maximum atomic E-state index is 12.2. The first-order valence-corrected chi connectivity index (χ1v) is 7.63. The number of ketones is 1. The van der Waals surface area contributed by atoms with E-state index in [-0.39, 0.29) is 18.3 Å². The van der Waals surface area contributed by atoms with Gasteiger partial charge in [-0.3, -0.25) is 9.59 Å². The summed E-state index contributed by atoms with van der Waals surface area (Å²) in [5.41, 5.74) is 2.08. The highest BCUT2D eigenvalue weighted by molar-refractivity contribution is 5.94. The minimum absolute atomic E-state index is 0.0173. The average molecular weight is 341 g/mol. The topological polar surface area (TPSA) is 81.7 Å². The number of hydrogen-bond donors (Lipinski definition) is 1. The van der Waals surface area contributed by atoms with Crippen LogP contribution in [0.5, 0.6) is 5.75 Å². The van der Waals surface area contributed by atoms with E-state index >= 15 is 0 Å². The Morgan fingerprint density at radius 1 is 0.960 bits per heavy atom. The van der Waals surface area contributed by atoms with Crippen LogP contribution in [-0.2, 0) is 16.1 Å². The van der Waals surface area contributed by atoms with Crippen molar-refractivity contribution in [3.63, 3.8) is 0 Å². The van der Waals surface area contributed by atoms with Crippen LogP contribution < -0.4 is 10.1 Å². The van der Waals surface area contributed by atoms with Gasteiger partial charge in [0.1, 0.15) is 12.4 Å². The predicted molar refractivity (Wildman–Crippen MR) is 92.9 cm³/mol. The molecule has 6 nitrogen and oxygen atoms in total. The molecule has 1 amide bonds. The smallest absolute Gasteiger partial charge is 0.338 e. The second-order valence-electron chi connectivity index (χ2n) is 5.42. The zero-order chi connectivity index (χ0) is 18.4. The Morgan fingerprint density at radius 2 is 1.60 bits per heavy atom. The third-order valence-corrected chi connectivity index (χ3v) is 3.49. The molecule has 0 spiro atoms. The molecule has 2 aromatic rings. The molecule has 0 aliphatic heterocycles. The molecular formula is C19H19NO5. The summed E-state index contributed by atoms with van der Waals surface area (Å²) in [5.74, 6) is -0.236. The van der Waals surface area contributed by atoms with Gasteiger partial charge in [-0.1, -0.05) is 0 Å². The number of nitrogens with one attached hydrogen (secondary N) is 1. The molecule has 0 bridgehead atoms. The van der Waals surface area contributed by atoms with Crippen LogP contribution >= 0.6 is 0 Å². The predicted octanol–water partition coefficient (Wildman–Crippen LogP) is 3.21. The number of anilines is 1. The van der Waals surface area contributed by atoms with Gasteiger partial charge in [0, 0.05) is 23.7 Å². The summed E-state index contributed by atoms with van der Waals surface area (Å²) in [7, 11) is 1.51. The van der Waals surface area contributed by atoms with Gasteiger partial charge in [-0.25, -0.2) is 4.79 Å². The molecule has 0 saturated carbocycles. The zero-order valence-electron chi connectivity index (χ0n) is 14.3. The Balaban J connectivity index is 2.07. The molecule has 0 heterocycles. The van der Waals surface area contributed by atoms with Gasteiger partial charge in [0.15, 0.2) is 5.78 Å². The molecule has 0 aromatic heterocycles. The quantitative estimate of drug-likeness (QED) is 0.644. The number of carbonyl (C=O) groups is 3. The second-order valence-corrected chi connectivity index (χ2v) is 5.42. The van der Waals surface area contributed by atoms with Gasteiger partial charge in [-0.05, 0) is 49.4 Å². The standard InChI is InChI=1S/C19H19NO5/c1-12(21)15-6-9-18(24-3)16(10-15)11-25-19(23)14-4-7-17(8-5-14)20-13(2)22/h4-10H,11H2,1-3H3,(H,20,22). The lowest BCUT2D eigenvalue weighted by Gasteiger charge is -2.11. The molecule has 2 rings (SSSR count). The van der Waals surface area contributed by atoms with Crippen molar-refractivity contribution in [3.8, 4) is 5.75 Å². The van der Waals surface area contributed by atoms with E-state index in [1.807, 2.05) is 0 Å². The van der Waals surface area contributed by atoms with Crippen LogP contribution in [-0.4, -0.2) is 24.8 Å². The van der Waals surface area contributed by atoms with E-state index in [1.165, 1.54) is 21.0 Å². The summed E-state index contributed by atoms with van der Waals surface area (Å²) in [4.78, 5) is 34.6. The van der Waals surface area contributed by atoms with Gasteiger partial charge in [0.2, 0.25) is 5.91 Å². The number of rotatable bonds is 6. The van der Waals surface area contributed by atoms with Crippen molar-refractivity contribution >= 4 is 23.3 Å². The minimum atomic E-state index is -0.510. The van der Waals surface area contributed by atoms with Gasteiger partial charge in [-0.2, -0.15) is 0 Å². The van der Waals surface area contributed by atoms with E-state index in [0.717, 1.165) is 0 Å². The molecule has 0 saturated heterocycles. The fourth-order valence-electron chi connectivity index (χ4n) is 2.23. The zero-order valence-corrected chi connectivity index (χ0v) is 14.3. The van der Waals surface area contributed by atoms with Gasteiger partial charge in [0.25, 0.3) is 0 Å². The lowest BCUT2D eigenvalue weighted by molar-refractivity contribution is -0.114. The number of amides is 1. The van der Waals surface area contributed by atoms with Crippen LogP contribution in [0.1, 0.15) is 40.1 Å². The number of benzene rings is 2. The fourth-order valence-corrected chi connectivity index (χ4v) is 2.23. The molecule has 0 atom stereocenters. The van der Waals surface area contributed by atoms with Crippen LogP contribution in [0.2, 0.25) is 0 Å². The number of methoxy groups -OCH3 is 1. The average Bonchev–Trinajstić information content (AvgIpc) is 2.59. The van der Waals surface area contributed by atoms with E-state index < -0.39 is 5.97 Å². The largest absolute Gasteiger partial charge is 0.496 e. The third kappa shape index (κ3) is 4.91. The highest BCUT2D eigenvalue weighted by Crippen LogP contribution is 2.22. The maximum Gasteiger partial charge on any atom is 0.338 e. The number of esters is 1. The van der Waals surface area contributed by atoms with Gasteiger partial charge >= 0.3 is 5.97 Å².